The SMILES string of the molecule is Cc1ccc(NC(=O)c2cc(C3CC3)[nH]n2)cc1Nc1ncncc1-c1cc(NCCN2CCOCC2)ncn1. The Kier molecular flexibility index (Phi) is 7.60. The van der Waals surface area contributed by atoms with Crippen LogP contribution in [0.3, 0.4) is 0 Å². The zero-order valence-electron chi connectivity index (χ0n) is 22.4. The number of aromatic amines is 1. The van der Waals surface area contributed by atoms with Gasteiger partial charge in [0, 0.05) is 61.4 Å². The van der Waals surface area contributed by atoms with Gasteiger partial charge in [-0.05, 0) is 43.5 Å². The number of nitrogens with one attached hydrogen (secondary N) is 4. The number of benzene rings is 1. The van der Waals surface area contributed by atoms with Gasteiger partial charge in [-0.25, -0.2) is 19.9 Å². The fourth-order valence-electron chi connectivity index (χ4n) is 4.60. The number of carbonyl (C=O) groups is 1. The van der Waals surface area contributed by atoms with Crippen molar-refractivity contribution in [3.05, 3.63) is 66.1 Å². The normalized spacial score (nSPS) is 15.5. The van der Waals surface area contributed by atoms with Gasteiger partial charge in [0.15, 0.2) is 5.69 Å². The molecule has 2 aliphatic rings. The number of ether oxygens (including phenoxy) is 1. The minimum Gasteiger partial charge on any atom is -0.379 e. The summed E-state index contributed by atoms with van der Waals surface area (Å²) in [6.07, 6.45) is 7.04. The summed E-state index contributed by atoms with van der Waals surface area (Å²) in [6.45, 7) is 7.13. The molecule has 1 saturated heterocycles. The predicted octanol–water partition coefficient (Wildman–Crippen LogP) is 3.58. The van der Waals surface area contributed by atoms with Crippen LogP contribution in [0.4, 0.5) is 23.0 Å². The topological polar surface area (TPSA) is 146 Å². The van der Waals surface area contributed by atoms with Crippen LogP contribution in [-0.4, -0.2) is 80.3 Å². The Hall–Kier alpha value is -4.42. The fraction of sp³-hybridized carbons (Fsp3) is 0.357. The number of hydrogen-bond acceptors (Lipinski definition) is 10. The molecule has 40 heavy (non-hydrogen) atoms. The van der Waals surface area contributed by atoms with Gasteiger partial charge in [-0.2, -0.15) is 5.10 Å². The third-order valence-corrected chi connectivity index (χ3v) is 7.09. The van der Waals surface area contributed by atoms with Gasteiger partial charge >= 0.3 is 0 Å². The molecule has 0 bridgehead atoms. The first-order chi connectivity index (χ1) is 19.6. The maximum Gasteiger partial charge on any atom is 0.276 e. The van der Waals surface area contributed by atoms with Crippen molar-refractivity contribution in [2.24, 2.45) is 0 Å². The summed E-state index contributed by atoms with van der Waals surface area (Å²) in [7, 11) is 0. The summed E-state index contributed by atoms with van der Waals surface area (Å²) < 4.78 is 5.42. The van der Waals surface area contributed by atoms with Crippen LogP contribution in [-0.2, 0) is 4.74 Å². The van der Waals surface area contributed by atoms with Crippen molar-refractivity contribution in [3.8, 4) is 11.3 Å². The molecule has 4 aromatic rings. The van der Waals surface area contributed by atoms with Crippen molar-refractivity contribution < 1.29 is 9.53 Å². The lowest BCUT2D eigenvalue weighted by molar-refractivity contribution is 0.0398. The van der Waals surface area contributed by atoms with Crippen LogP contribution in [0.25, 0.3) is 11.3 Å². The van der Waals surface area contributed by atoms with E-state index >= 15 is 0 Å². The van der Waals surface area contributed by atoms with Crippen molar-refractivity contribution in [3.63, 3.8) is 0 Å². The Morgan fingerprint density at radius 3 is 2.83 bits per heavy atom. The number of anilines is 4. The zero-order valence-corrected chi connectivity index (χ0v) is 22.4. The minimum absolute atomic E-state index is 0.254. The molecule has 4 N–H and O–H groups in total. The van der Waals surface area contributed by atoms with Gasteiger partial charge in [0.05, 0.1) is 24.5 Å². The van der Waals surface area contributed by atoms with E-state index in [0.29, 0.717) is 28.8 Å². The molecule has 1 aromatic carbocycles. The predicted molar refractivity (Wildman–Crippen MR) is 152 cm³/mol. The first kappa shape index (κ1) is 25.8. The van der Waals surface area contributed by atoms with Gasteiger partial charge < -0.3 is 20.7 Å². The zero-order chi connectivity index (χ0) is 27.3. The highest BCUT2D eigenvalue weighted by Crippen LogP contribution is 2.39. The number of rotatable bonds is 10. The Balaban J connectivity index is 1.15. The standard InChI is InChI=1S/C28H32N10O2/c1-18-2-5-20(34-28(39)25-13-23(36-37-25)19-3-4-19)12-22(18)35-27-21(15-29-16-33-27)24-14-26(32-17-31-24)30-6-7-38-8-10-40-11-9-38/h2,5,12-17,19H,3-4,6-11H2,1H3,(H,34,39)(H,36,37)(H,29,33,35)(H,30,31,32). The molecule has 0 radical (unpaired) electrons. The second kappa shape index (κ2) is 11.8. The van der Waals surface area contributed by atoms with E-state index in [9.17, 15) is 4.79 Å². The molecular formula is C28H32N10O2. The monoisotopic (exact) mass is 540 g/mol. The van der Waals surface area contributed by atoms with E-state index in [1.54, 1.807) is 6.20 Å². The number of carbonyl (C=O) groups excluding carboxylic acids is 1. The first-order valence-electron chi connectivity index (χ1n) is 13.5. The Morgan fingerprint density at radius 2 is 1.98 bits per heavy atom. The molecule has 2 fully saturated rings. The van der Waals surface area contributed by atoms with E-state index in [-0.39, 0.29) is 5.91 Å². The molecule has 0 atom stereocenters. The van der Waals surface area contributed by atoms with Gasteiger partial charge in [0.25, 0.3) is 5.91 Å². The van der Waals surface area contributed by atoms with E-state index in [1.807, 2.05) is 37.3 Å². The smallest absolute Gasteiger partial charge is 0.276 e. The quantitative estimate of drug-likeness (QED) is 0.235. The van der Waals surface area contributed by atoms with E-state index in [1.165, 1.54) is 12.7 Å². The van der Waals surface area contributed by atoms with Crippen LogP contribution >= 0.6 is 0 Å². The number of aryl methyl sites for hydroxylation is 1. The maximum absolute atomic E-state index is 12.8. The molecule has 4 heterocycles. The van der Waals surface area contributed by atoms with Crippen molar-refractivity contribution in [2.45, 2.75) is 25.7 Å². The van der Waals surface area contributed by atoms with Crippen molar-refractivity contribution in [1.29, 1.82) is 0 Å². The van der Waals surface area contributed by atoms with Crippen molar-refractivity contribution >= 4 is 28.9 Å². The van der Waals surface area contributed by atoms with Crippen LogP contribution in [0.2, 0.25) is 0 Å². The molecule has 1 aliphatic heterocycles. The van der Waals surface area contributed by atoms with Gasteiger partial charge in [-0.15, -0.1) is 0 Å². The van der Waals surface area contributed by atoms with Crippen LogP contribution in [0, 0.1) is 6.92 Å². The fourth-order valence-corrected chi connectivity index (χ4v) is 4.60. The number of nitrogens with zero attached hydrogens (tertiary/aromatic N) is 6. The Bertz CT molecular complexity index is 1480. The van der Waals surface area contributed by atoms with E-state index < -0.39 is 0 Å². The second-order valence-electron chi connectivity index (χ2n) is 10.0. The lowest BCUT2D eigenvalue weighted by Gasteiger charge is -2.26. The van der Waals surface area contributed by atoms with Gasteiger partial charge in [-0.3, -0.25) is 14.8 Å². The second-order valence-corrected chi connectivity index (χ2v) is 10.0. The third-order valence-electron chi connectivity index (χ3n) is 7.09. The molecule has 1 aliphatic carbocycles. The molecule has 3 aromatic heterocycles. The summed E-state index contributed by atoms with van der Waals surface area (Å²) in [6, 6.07) is 9.42. The maximum atomic E-state index is 12.8. The van der Waals surface area contributed by atoms with Crippen molar-refractivity contribution in [1.82, 2.24) is 35.0 Å². The number of H-pyrrole nitrogens is 1. The van der Waals surface area contributed by atoms with E-state index in [2.05, 4.69) is 51.0 Å². The number of aromatic nitrogens is 6. The molecule has 12 nitrogen and oxygen atoms in total. The Morgan fingerprint density at radius 1 is 1.10 bits per heavy atom. The summed E-state index contributed by atoms with van der Waals surface area (Å²) in [4.78, 5) is 32.7. The van der Waals surface area contributed by atoms with Gasteiger partial charge in [0.1, 0.15) is 24.3 Å². The average Bonchev–Trinajstić information content (AvgIpc) is 3.71. The van der Waals surface area contributed by atoms with E-state index in [0.717, 1.165) is 80.6 Å². The molecule has 12 heteroatoms. The summed E-state index contributed by atoms with van der Waals surface area (Å²) >= 11 is 0. The highest BCUT2D eigenvalue weighted by Gasteiger charge is 2.26. The van der Waals surface area contributed by atoms with Crippen LogP contribution < -0.4 is 16.0 Å². The van der Waals surface area contributed by atoms with E-state index in [4.69, 9.17) is 4.74 Å². The average molecular weight is 541 g/mol. The summed E-state index contributed by atoms with van der Waals surface area (Å²) in [5, 5.41) is 16.9. The first-order valence-corrected chi connectivity index (χ1v) is 13.5. The third kappa shape index (κ3) is 6.24. The lowest BCUT2D eigenvalue weighted by Crippen LogP contribution is -2.39. The molecular weight excluding hydrogens is 508 g/mol. The van der Waals surface area contributed by atoms with Crippen molar-refractivity contribution in [2.75, 3.05) is 55.3 Å². The minimum atomic E-state index is -0.254. The number of morpholine rings is 1. The van der Waals surface area contributed by atoms with Crippen LogP contribution in [0.15, 0.2) is 49.2 Å². The van der Waals surface area contributed by atoms with Gasteiger partial charge in [0.2, 0.25) is 0 Å². The summed E-state index contributed by atoms with van der Waals surface area (Å²) in [5.74, 6) is 1.58. The largest absolute Gasteiger partial charge is 0.379 e. The summed E-state index contributed by atoms with van der Waals surface area (Å²) in [5.41, 5.74) is 5.28. The molecule has 0 spiro atoms. The number of amides is 1. The highest BCUT2D eigenvalue weighted by molar-refractivity contribution is 6.03. The molecule has 206 valence electrons. The number of hydrogen-bond donors (Lipinski definition) is 4. The molecule has 1 amide bonds. The van der Waals surface area contributed by atoms with Crippen LogP contribution in [0.1, 0.15) is 40.5 Å². The van der Waals surface area contributed by atoms with Crippen LogP contribution in [0.5, 0.6) is 0 Å². The molecule has 6 rings (SSSR count). The Labute approximate surface area is 232 Å². The molecule has 1 saturated carbocycles. The lowest BCUT2D eigenvalue weighted by atomic mass is 10.1. The highest BCUT2D eigenvalue weighted by atomic mass is 16.5. The van der Waals surface area contributed by atoms with Gasteiger partial charge in [-0.1, -0.05) is 6.07 Å². The molecule has 0 unspecified atom stereocenters.